The highest BCUT2D eigenvalue weighted by Gasteiger charge is 2.29. The van der Waals surface area contributed by atoms with Gasteiger partial charge in [-0.2, -0.15) is 0 Å². The summed E-state index contributed by atoms with van der Waals surface area (Å²) in [7, 11) is 0. The van der Waals surface area contributed by atoms with Crippen LogP contribution in [0.25, 0.3) is 11.5 Å². The van der Waals surface area contributed by atoms with Gasteiger partial charge < -0.3 is 14.6 Å². The van der Waals surface area contributed by atoms with Crippen molar-refractivity contribution < 1.29 is 13.6 Å². The van der Waals surface area contributed by atoms with Gasteiger partial charge in [-0.05, 0) is 49.9 Å². The monoisotopic (exact) mass is 372 g/mol. The van der Waals surface area contributed by atoms with Crippen LogP contribution in [-0.4, -0.2) is 40.3 Å². The Morgan fingerprint density at radius 1 is 1.07 bits per heavy atom. The maximum atomic E-state index is 13.1. The Balaban J connectivity index is 1.39. The van der Waals surface area contributed by atoms with Gasteiger partial charge >= 0.3 is 6.03 Å². The van der Waals surface area contributed by atoms with Crippen LogP contribution in [0.1, 0.15) is 56.8 Å². The van der Waals surface area contributed by atoms with E-state index in [-0.39, 0.29) is 17.8 Å². The molecule has 1 unspecified atom stereocenters. The number of nitrogens with zero attached hydrogens (tertiary/aromatic N) is 3. The Bertz CT molecular complexity index is 771. The van der Waals surface area contributed by atoms with Gasteiger partial charge in [0.25, 0.3) is 0 Å². The normalized spacial score (nSPS) is 21.2. The minimum Gasteiger partial charge on any atom is -0.420 e. The molecule has 1 aliphatic heterocycles. The number of amides is 2. The minimum absolute atomic E-state index is 0.0184. The zero-order valence-electron chi connectivity index (χ0n) is 15.4. The van der Waals surface area contributed by atoms with Gasteiger partial charge in [0.15, 0.2) is 0 Å². The van der Waals surface area contributed by atoms with Gasteiger partial charge in [0.05, 0.1) is 5.92 Å². The van der Waals surface area contributed by atoms with Crippen LogP contribution in [0.2, 0.25) is 0 Å². The van der Waals surface area contributed by atoms with Crippen molar-refractivity contribution in [1.29, 1.82) is 0 Å². The highest BCUT2D eigenvalue weighted by atomic mass is 19.1. The number of nitrogens with one attached hydrogen (secondary N) is 1. The van der Waals surface area contributed by atoms with Crippen LogP contribution in [0, 0.1) is 5.82 Å². The van der Waals surface area contributed by atoms with Gasteiger partial charge in [-0.3, -0.25) is 0 Å². The van der Waals surface area contributed by atoms with Crippen molar-refractivity contribution in [2.75, 3.05) is 13.1 Å². The molecule has 1 aromatic heterocycles. The van der Waals surface area contributed by atoms with Crippen LogP contribution < -0.4 is 5.32 Å². The molecule has 7 heteroatoms. The molecule has 0 radical (unpaired) electrons. The third-order valence-electron chi connectivity index (χ3n) is 5.52. The summed E-state index contributed by atoms with van der Waals surface area (Å²) in [5.74, 6) is 0.668. The standard InChI is InChI=1S/C20H25FN4O2/c21-16-10-8-14(9-11-16)18-23-24-19(27-18)15-5-4-12-25(13-15)20(26)22-17-6-2-1-3-7-17/h8-11,15,17H,1-7,12-13H2,(H,22,26). The molecular weight excluding hydrogens is 347 g/mol. The summed E-state index contributed by atoms with van der Waals surface area (Å²) in [6, 6.07) is 6.31. The molecule has 2 aliphatic rings. The van der Waals surface area contributed by atoms with Crippen LogP contribution in [0.3, 0.4) is 0 Å². The summed E-state index contributed by atoms with van der Waals surface area (Å²) in [5, 5.41) is 11.5. The molecule has 1 saturated carbocycles. The first-order valence-corrected chi connectivity index (χ1v) is 9.84. The fourth-order valence-corrected chi connectivity index (χ4v) is 3.98. The highest BCUT2D eigenvalue weighted by Crippen LogP contribution is 2.29. The molecule has 0 bridgehead atoms. The van der Waals surface area contributed by atoms with Crippen molar-refractivity contribution in [1.82, 2.24) is 20.4 Å². The number of rotatable bonds is 3. The first kappa shape index (κ1) is 17.9. The molecule has 2 amide bonds. The molecule has 1 N–H and O–H groups in total. The predicted molar refractivity (Wildman–Crippen MR) is 98.6 cm³/mol. The van der Waals surface area contributed by atoms with Crippen LogP contribution in [0.15, 0.2) is 28.7 Å². The van der Waals surface area contributed by atoms with Crippen molar-refractivity contribution in [3.63, 3.8) is 0 Å². The molecule has 27 heavy (non-hydrogen) atoms. The number of benzene rings is 1. The van der Waals surface area contributed by atoms with E-state index in [2.05, 4.69) is 15.5 Å². The molecule has 1 aliphatic carbocycles. The second-order valence-corrected chi connectivity index (χ2v) is 7.52. The SMILES string of the molecule is O=C(NC1CCCCC1)N1CCCC(c2nnc(-c3ccc(F)cc3)o2)C1. The third-order valence-corrected chi connectivity index (χ3v) is 5.52. The molecule has 2 heterocycles. The first-order valence-electron chi connectivity index (χ1n) is 9.84. The molecule has 6 nitrogen and oxygen atoms in total. The van der Waals surface area contributed by atoms with Gasteiger partial charge in [-0.1, -0.05) is 19.3 Å². The van der Waals surface area contributed by atoms with E-state index < -0.39 is 0 Å². The van der Waals surface area contributed by atoms with Crippen molar-refractivity contribution in [2.24, 2.45) is 0 Å². The zero-order valence-corrected chi connectivity index (χ0v) is 15.4. The van der Waals surface area contributed by atoms with E-state index in [1.807, 2.05) is 4.90 Å². The summed E-state index contributed by atoms with van der Waals surface area (Å²) < 4.78 is 18.9. The summed E-state index contributed by atoms with van der Waals surface area (Å²) >= 11 is 0. The number of carbonyl (C=O) groups is 1. The molecule has 0 spiro atoms. The second kappa shape index (κ2) is 8.06. The number of likely N-dealkylation sites (tertiary alicyclic amines) is 1. The van der Waals surface area contributed by atoms with Crippen LogP contribution >= 0.6 is 0 Å². The maximum absolute atomic E-state index is 13.1. The fraction of sp³-hybridized carbons (Fsp3) is 0.550. The number of hydrogen-bond donors (Lipinski definition) is 1. The van der Waals surface area contributed by atoms with Gasteiger partial charge in [-0.25, -0.2) is 9.18 Å². The zero-order chi connectivity index (χ0) is 18.6. The maximum Gasteiger partial charge on any atom is 0.317 e. The van der Waals surface area contributed by atoms with Crippen molar-refractivity contribution in [3.05, 3.63) is 36.0 Å². The number of aromatic nitrogens is 2. The Labute approximate surface area is 158 Å². The average molecular weight is 372 g/mol. The summed E-state index contributed by atoms with van der Waals surface area (Å²) in [4.78, 5) is 14.5. The number of halogens is 1. The van der Waals surface area contributed by atoms with E-state index in [0.29, 0.717) is 29.9 Å². The lowest BCUT2D eigenvalue weighted by Crippen LogP contribution is -2.48. The van der Waals surface area contributed by atoms with Gasteiger partial charge in [0.1, 0.15) is 5.82 Å². The van der Waals surface area contributed by atoms with Crippen LogP contribution in [0.4, 0.5) is 9.18 Å². The number of urea groups is 1. The van der Waals surface area contributed by atoms with Crippen molar-refractivity contribution in [3.8, 4) is 11.5 Å². The molecule has 1 saturated heterocycles. The molecule has 4 rings (SSSR count). The lowest BCUT2D eigenvalue weighted by atomic mass is 9.95. The Kier molecular flexibility index (Phi) is 5.36. The smallest absolute Gasteiger partial charge is 0.317 e. The Morgan fingerprint density at radius 3 is 2.63 bits per heavy atom. The number of carbonyl (C=O) groups excluding carboxylic acids is 1. The second-order valence-electron chi connectivity index (χ2n) is 7.52. The lowest BCUT2D eigenvalue weighted by molar-refractivity contribution is 0.168. The Morgan fingerprint density at radius 2 is 1.85 bits per heavy atom. The highest BCUT2D eigenvalue weighted by molar-refractivity contribution is 5.74. The van der Waals surface area contributed by atoms with Gasteiger partial charge in [0, 0.05) is 24.7 Å². The summed E-state index contributed by atoms with van der Waals surface area (Å²) in [5.41, 5.74) is 0.692. The molecule has 2 aromatic rings. The van der Waals surface area contributed by atoms with Gasteiger partial charge in [-0.15, -0.1) is 10.2 Å². The van der Waals surface area contributed by atoms with E-state index in [4.69, 9.17) is 4.42 Å². The third kappa shape index (κ3) is 4.28. The van der Waals surface area contributed by atoms with E-state index >= 15 is 0 Å². The molecule has 144 valence electrons. The van der Waals surface area contributed by atoms with Crippen molar-refractivity contribution >= 4 is 6.03 Å². The lowest BCUT2D eigenvalue weighted by Gasteiger charge is -2.33. The van der Waals surface area contributed by atoms with Gasteiger partial charge in [0.2, 0.25) is 11.8 Å². The van der Waals surface area contributed by atoms with E-state index in [0.717, 1.165) is 32.2 Å². The predicted octanol–water partition coefficient (Wildman–Crippen LogP) is 4.10. The molecule has 2 fully saturated rings. The first-order chi connectivity index (χ1) is 13.2. The van der Waals surface area contributed by atoms with Crippen molar-refractivity contribution in [2.45, 2.75) is 56.9 Å². The largest absolute Gasteiger partial charge is 0.420 e. The summed E-state index contributed by atoms with van der Waals surface area (Å²) in [6.45, 7) is 1.34. The van der Waals surface area contributed by atoms with E-state index in [9.17, 15) is 9.18 Å². The quantitative estimate of drug-likeness (QED) is 0.881. The topological polar surface area (TPSA) is 71.3 Å². The van der Waals surface area contributed by atoms with Crippen LogP contribution in [-0.2, 0) is 0 Å². The molecule has 1 atom stereocenters. The molecular formula is C20H25FN4O2. The van der Waals surface area contributed by atoms with E-state index in [1.54, 1.807) is 12.1 Å². The fourth-order valence-electron chi connectivity index (χ4n) is 3.98. The Hall–Kier alpha value is -2.44. The number of hydrogen-bond acceptors (Lipinski definition) is 4. The van der Waals surface area contributed by atoms with E-state index in [1.165, 1.54) is 31.4 Å². The average Bonchev–Trinajstić information content (AvgIpc) is 3.20. The van der Waals surface area contributed by atoms with Crippen LogP contribution in [0.5, 0.6) is 0 Å². The summed E-state index contributed by atoms with van der Waals surface area (Å²) in [6.07, 6.45) is 7.64. The number of piperidine rings is 1. The molecule has 1 aromatic carbocycles. The minimum atomic E-state index is -0.301.